The van der Waals surface area contributed by atoms with Crippen LogP contribution in [0.3, 0.4) is 0 Å². The van der Waals surface area contributed by atoms with Crippen molar-refractivity contribution in [3.05, 3.63) is 22.9 Å². The van der Waals surface area contributed by atoms with Gasteiger partial charge in [-0.3, -0.25) is 0 Å². The lowest BCUT2D eigenvalue weighted by Gasteiger charge is -2.19. The van der Waals surface area contributed by atoms with Gasteiger partial charge in [-0.2, -0.15) is 0 Å². The fourth-order valence-corrected chi connectivity index (χ4v) is 3.26. The molecular formula is C16H23N3S. The van der Waals surface area contributed by atoms with Crippen molar-refractivity contribution in [3.63, 3.8) is 0 Å². The summed E-state index contributed by atoms with van der Waals surface area (Å²) in [4.78, 5) is 5.25. The highest BCUT2D eigenvalue weighted by Crippen LogP contribution is 2.51. The molecule has 2 aliphatic rings. The Morgan fingerprint density at radius 2 is 2.15 bits per heavy atom. The summed E-state index contributed by atoms with van der Waals surface area (Å²) in [7, 11) is 0. The van der Waals surface area contributed by atoms with Crippen LogP contribution in [0.2, 0.25) is 0 Å². The molecule has 20 heavy (non-hydrogen) atoms. The fraction of sp³-hybridized carbons (Fsp3) is 0.625. The zero-order chi connectivity index (χ0) is 14.3. The van der Waals surface area contributed by atoms with Gasteiger partial charge in [-0.15, -0.1) is 0 Å². The van der Waals surface area contributed by atoms with Gasteiger partial charge >= 0.3 is 0 Å². The van der Waals surface area contributed by atoms with Crippen LogP contribution in [0, 0.1) is 11.3 Å². The van der Waals surface area contributed by atoms with Crippen molar-refractivity contribution in [3.8, 4) is 0 Å². The Morgan fingerprint density at radius 3 is 2.80 bits per heavy atom. The normalized spacial score (nSPS) is 23.0. The van der Waals surface area contributed by atoms with E-state index in [9.17, 15) is 0 Å². The number of thiocarbonyl (C=S) groups is 1. The molecule has 1 aromatic rings. The van der Waals surface area contributed by atoms with Crippen molar-refractivity contribution in [1.82, 2.24) is 4.98 Å². The molecule has 108 valence electrons. The number of aryl methyl sites for hydroxylation is 2. The van der Waals surface area contributed by atoms with Crippen LogP contribution in [0.15, 0.2) is 6.07 Å². The van der Waals surface area contributed by atoms with E-state index in [0.29, 0.717) is 10.4 Å². The largest absolute Gasteiger partial charge is 0.389 e. The van der Waals surface area contributed by atoms with Gasteiger partial charge in [-0.25, -0.2) is 4.98 Å². The lowest BCUT2D eigenvalue weighted by atomic mass is 9.94. The number of anilines is 1. The number of nitrogens with one attached hydrogen (secondary N) is 1. The minimum absolute atomic E-state index is 0.448. The van der Waals surface area contributed by atoms with E-state index in [2.05, 4.69) is 25.2 Å². The molecule has 3 nitrogen and oxygen atoms in total. The van der Waals surface area contributed by atoms with Crippen molar-refractivity contribution < 1.29 is 0 Å². The summed E-state index contributed by atoms with van der Waals surface area (Å²) < 4.78 is 0. The maximum absolute atomic E-state index is 5.87. The maximum Gasteiger partial charge on any atom is 0.136 e. The smallest absolute Gasteiger partial charge is 0.136 e. The summed E-state index contributed by atoms with van der Waals surface area (Å²) in [6.45, 7) is 5.59. The van der Waals surface area contributed by atoms with Crippen LogP contribution >= 0.6 is 12.2 Å². The first-order valence-electron chi connectivity index (χ1n) is 7.54. The average molecular weight is 289 g/mol. The molecule has 0 aromatic carbocycles. The second-order valence-corrected chi connectivity index (χ2v) is 7.27. The number of hydrogen-bond acceptors (Lipinski definition) is 3. The molecule has 1 heterocycles. The molecule has 2 aliphatic carbocycles. The van der Waals surface area contributed by atoms with Crippen molar-refractivity contribution in [2.24, 2.45) is 17.1 Å². The van der Waals surface area contributed by atoms with Gasteiger partial charge in [0.2, 0.25) is 0 Å². The third-order valence-corrected chi connectivity index (χ3v) is 5.02. The van der Waals surface area contributed by atoms with E-state index in [-0.39, 0.29) is 0 Å². The van der Waals surface area contributed by atoms with Gasteiger partial charge in [0.05, 0.1) is 5.56 Å². The molecule has 0 saturated heterocycles. The minimum atomic E-state index is 0.448. The Kier molecular flexibility index (Phi) is 3.44. The quantitative estimate of drug-likeness (QED) is 0.837. The summed E-state index contributed by atoms with van der Waals surface area (Å²) in [5.74, 6) is 1.63. The molecule has 1 aromatic heterocycles. The molecule has 1 saturated carbocycles. The van der Waals surface area contributed by atoms with E-state index in [1.165, 1.54) is 30.5 Å². The number of fused-ring (bicyclic) bond motifs is 1. The SMILES string of the molecule is CC1(C)CC1CNc1nc2c(cc1C(N)=S)CCCC2. The van der Waals surface area contributed by atoms with Gasteiger partial charge in [0.1, 0.15) is 10.8 Å². The first-order chi connectivity index (χ1) is 9.47. The van der Waals surface area contributed by atoms with Gasteiger partial charge in [0, 0.05) is 12.2 Å². The molecule has 1 fully saturated rings. The summed E-state index contributed by atoms with van der Waals surface area (Å²) in [5.41, 5.74) is 9.83. The highest BCUT2D eigenvalue weighted by Gasteiger charge is 2.45. The van der Waals surface area contributed by atoms with E-state index < -0.39 is 0 Å². The predicted molar refractivity (Wildman–Crippen MR) is 87.1 cm³/mol. The number of pyridine rings is 1. The van der Waals surface area contributed by atoms with E-state index in [1.807, 2.05) is 0 Å². The molecule has 0 bridgehead atoms. The van der Waals surface area contributed by atoms with E-state index >= 15 is 0 Å². The third-order valence-electron chi connectivity index (χ3n) is 4.80. The van der Waals surface area contributed by atoms with Crippen molar-refractivity contribution >= 4 is 23.0 Å². The first-order valence-corrected chi connectivity index (χ1v) is 7.94. The Balaban J connectivity index is 1.82. The lowest BCUT2D eigenvalue weighted by molar-refractivity contribution is 0.572. The van der Waals surface area contributed by atoms with Gasteiger partial charge in [0.25, 0.3) is 0 Å². The van der Waals surface area contributed by atoms with Crippen LogP contribution in [0.4, 0.5) is 5.82 Å². The molecule has 0 aliphatic heterocycles. The number of nitrogens with zero attached hydrogens (tertiary/aromatic N) is 1. The number of nitrogens with two attached hydrogens (primary N) is 1. The predicted octanol–water partition coefficient (Wildman–Crippen LogP) is 3.05. The van der Waals surface area contributed by atoms with Gasteiger partial charge < -0.3 is 11.1 Å². The van der Waals surface area contributed by atoms with Gasteiger partial charge in [-0.1, -0.05) is 26.1 Å². The second-order valence-electron chi connectivity index (χ2n) is 6.83. The molecule has 3 N–H and O–H groups in total. The zero-order valence-electron chi connectivity index (χ0n) is 12.3. The molecular weight excluding hydrogens is 266 g/mol. The van der Waals surface area contributed by atoms with E-state index in [1.54, 1.807) is 0 Å². The lowest BCUT2D eigenvalue weighted by Crippen LogP contribution is -2.19. The van der Waals surface area contributed by atoms with Crippen LogP contribution in [0.25, 0.3) is 0 Å². The fourth-order valence-electron chi connectivity index (χ4n) is 3.10. The molecule has 4 heteroatoms. The van der Waals surface area contributed by atoms with Crippen LogP contribution in [0.1, 0.15) is 49.9 Å². The Morgan fingerprint density at radius 1 is 1.45 bits per heavy atom. The molecule has 1 unspecified atom stereocenters. The van der Waals surface area contributed by atoms with Crippen LogP contribution < -0.4 is 11.1 Å². The second kappa shape index (κ2) is 4.99. The Labute approximate surface area is 126 Å². The Hall–Kier alpha value is -1.16. The molecule has 3 rings (SSSR count). The highest BCUT2D eigenvalue weighted by atomic mass is 32.1. The van der Waals surface area contributed by atoms with Crippen LogP contribution in [0.5, 0.6) is 0 Å². The topological polar surface area (TPSA) is 50.9 Å². The summed E-state index contributed by atoms with van der Waals surface area (Å²) in [6, 6.07) is 2.16. The average Bonchev–Trinajstić information content (AvgIpc) is 3.02. The monoisotopic (exact) mass is 289 g/mol. The van der Waals surface area contributed by atoms with Crippen molar-refractivity contribution in [2.45, 2.75) is 46.0 Å². The van der Waals surface area contributed by atoms with E-state index in [4.69, 9.17) is 22.9 Å². The van der Waals surface area contributed by atoms with Crippen molar-refractivity contribution in [1.29, 1.82) is 0 Å². The highest BCUT2D eigenvalue weighted by molar-refractivity contribution is 7.80. The summed E-state index contributed by atoms with van der Waals surface area (Å²) in [5, 5.41) is 3.48. The number of rotatable bonds is 4. The van der Waals surface area contributed by atoms with E-state index in [0.717, 1.165) is 36.7 Å². The Bertz CT molecular complexity index is 551. The van der Waals surface area contributed by atoms with Crippen LogP contribution in [-0.4, -0.2) is 16.5 Å². The van der Waals surface area contributed by atoms with Gasteiger partial charge in [-0.05, 0) is 55.1 Å². The zero-order valence-corrected chi connectivity index (χ0v) is 13.1. The molecule has 0 radical (unpaired) electrons. The molecule has 1 atom stereocenters. The molecule has 0 amide bonds. The maximum atomic E-state index is 5.87. The number of hydrogen-bond donors (Lipinski definition) is 2. The number of aromatic nitrogens is 1. The summed E-state index contributed by atoms with van der Waals surface area (Å²) >= 11 is 5.19. The van der Waals surface area contributed by atoms with Gasteiger partial charge in [0.15, 0.2) is 0 Å². The molecule has 0 spiro atoms. The van der Waals surface area contributed by atoms with Crippen LogP contribution in [-0.2, 0) is 12.8 Å². The standard InChI is InChI=1S/C16H23N3S/c1-16(2)8-11(16)9-18-15-12(14(17)20)7-10-5-3-4-6-13(10)19-15/h7,11H,3-6,8-9H2,1-2H3,(H2,17,20)(H,18,19). The van der Waals surface area contributed by atoms with Crippen molar-refractivity contribution in [2.75, 3.05) is 11.9 Å². The first kappa shape index (κ1) is 13.8. The third kappa shape index (κ3) is 2.66. The summed E-state index contributed by atoms with van der Waals surface area (Å²) in [6.07, 6.45) is 5.95. The minimum Gasteiger partial charge on any atom is -0.389 e.